The quantitative estimate of drug-likeness (QED) is 0.400. The molecule has 0 amide bonds. The Morgan fingerprint density at radius 1 is 0.906 bits per heavy atom. The van der Waals surface area contributed by atoms with Crippen LogP contribution in [0.25, 0.3) is 0 Å². The van der Waals surface area contributed by atoms with Crippen LogP contribution in [0, 0.1) is 39.4 Å². The Labute approximate surface area is 198 Å². The average Bonchev–Trinajstić information content (AvgIpc) is 3.00. The standard InChI is InChI=1S/C31H50O/c1-20(2)21(3)10-11-22(4)23-14-18-31(9)25-12-13-26-28(5,6)27(32)16-17-29(26,7)24(25)15-19-30(23,31)8/h22-23,26H,10-19H2,1-9H3/t22?,23?,26-,29+,30+,31-/m0/s1. The number of Topliss-reactive ketones (excluding diaryl/α,β-unsaturated/α-hetero) is 1. The second-order valence-electron chi connectivity index (χ2n) is 13.8. The summed E-state index contributed by atoms with van der Waals surface area (Å²) in [6, 6.07) is 0. The summed E-state index contributed by atoms with van der Waals surface area (Å²) in [5.41, 5.74) is 7.66. The molecule has 180 valence electrons. The third kappa shape index (κ3) is 3.26. The molecule has 4 aliphatic rings. The van der Waals surface area contributed by atoms with Gasteiger partial charge in [-0.25, -0.2) is 0 Å². The first-order chi connectivity index (χ1) is 14.8. The topological polar surface area (TPSA) is 17.1 Å². The summed E-state index contributed by atoms with van der Waals surface area (Å²) in [6.45, 7) is 21.8. The number of carbonyl (C=O) groups excluding carboxylic acids is 1. The van der Waals surface area contributed by atoms with E-state index in [1.807, 2.05) is 11.1 Å². The highest BCUT2D eigenvalue weighted by Crippen LogP contribution is 2.72. The van der Waals surface area contributed by atoms with Crippen molar-refractivity contribution < 1.29 is 4.79 Å². The minimum atomic E-state index is -0.150. The molecular weight excluding hydrogens is 388 g/mol. The summed E-state index contributed by atoms with van der Waals surface area (Å²) in [7, 11) is 0. The van der Waals surface area contributed by atoms with Crippen molar-refractivity contribution in [3.8, 4) is 0 Å². The van der Waals surface area contributed by atoms with Crippen LogP contribution in [0.15, 0.2) is 22.3 Å². The fraction of sp³-hybridized carbons (Fsp3) is 0.839. The second-order valence-corrected chi connectivity index (χ2v) is 13.8. The molecule has 4 rings (SSSR count). The fourth-order valence-electron chi connectivity index (χ4n) is 9.34. The molecular formula is C31H50O. The van der Waals surface area contributed by atoms with Crippen LogP contribution in [0.5, 0.6) is 0 Å². The van der Waals surface area contributed by atoms with Gasteiger partial charge in [0, 0.05) is 11.8 Å². The number of allylic oxidation sites excluding steroid dienone is 4. The number of hydrogen-bond donors (Lipinski definition) is 0. The minimum Gasteiger partial charge on any atom is -0.299 e. The van der Waals surface area contributed by atoms with Gasteiger partial charge in [-0.1, -0.05) is 63.8 Å². The molecule has 0 heterocycles. The molecule has 1 heteroatoms. The van der Waals surface area contributed by atoms with Gasteiger partial charge in [-0.05, 0) is 113 Å². The Kier molecular flexibility index (Phi) is 5.95. The van der Waals surface area contributed by atoms with E-state index in [1.165, 1.54) is 56.9 Å². The molecule has 0 aromatic carbocycles. The molecule has 0 aromatic rings. The predicted molar refractivity (Wildman–Crippen MR) is 136 cm³/mol. The number of fused-ring (bicyclic) bond motifs is 4. The lowest BCUT2D eigenvalue weighted by atomic mass is 9.43. The third-order valence-electron chi connectivity index (χ3n) is 12.1. The van der Waals surface area contributed by atoms with Crippen molar-refractivity contribution in [3.05, 3.63) is 22.3 Å². The summed E-state index contributed by atoms with van der Waals surface area (Å²) in [6.07, 6.45) is 12.4. The lowest BCUT2D eigenvalue weighted by Gasteiger charge is -2.61. The van der Waals surface area contributed by atoms with Crippen molar-refractivity contribution in [1.29, 1.82) is 0 Å². The average molecular weight is 439 g/mol. The van der Waals surface area contributed by atoms with Crippen molar-refractivity contribution in [2.45, 2.75) is 127 Å². The Bertz CT molecular complexity index is 852. The molecule has 2 saturated carbocycles. The monoisotopic (exact) mass is 438 g/mol. The van der Waals surface area contributed by atoms with E-state index < -0.39 is 0 Å². The van der Waals surface area contributed by atoms with Gasteiger partial charge in [-0.15, -0.1) is 0 Å². The summed E-state index contributed by atoms with van der Waals surface area (Å²) >= 11 is 0. The van der Waals surface area contributed by atoms with Crippen LogP contribution < -0.4 is 0 Å². The first-order valence-corrected chi connectivity index (χ1v) is 13.7. The maximum Gasteiger partial charge on any atom is 0.138 e. The van der Waals surface area contributed by atoms with Gasteiger partial charge in [-0.3, -0.25) is 4.79 Å². The fourth-order valence-corrected chi connectivity index (χ4v) is 9.34. The zero-order chi connectivity index (χ0) is 23.7. The molecule has 0 saturated heterocycles. The molecule has 0 bridgehead atoms. The van der Waals surface area contributed by atoms with Gasteiger partial charge in [0.1, 0.15) is 5.78 Å². The van der Waals surface area contributed by atoms with Crippen molar-refractivity contribution >= 4 is 5.78 Å². The van der Waals surface area contributed by atoms with Crippen LogP contribution in [-0.4, -0.2) is 5.78 Å². The summed E-state index contributed by atoms with van der Waals surface area (Å²) in [5.74, 6) is 2.70. The molecule has 2 unspecified atom stereocenters. The van der Waals surface area contributed by atoms with Crippen LogP contribution in [-0.2, 0) is 4.79 Å². The molecule has 0 radical (unpaired) electrons. The smallest absolute Gasteiger partial charge is 0.138 e. The van der Waals surface area contributed by atoms with Gasteiger partial charge in [-0.2, -0.15) is 0 Å². The number of hydrogen-bond acceptors (Lipinski definition) is 1. The van der Waals surface area contributed by atoms with Crippen LogP contribution >= 0.6 is 0 Å². The zero-order valence-electron chi connectivity index (χ0n) is 22.7. The van der Waals surface area contributed by atoms with E-state index in [2.05, 4.69) is 62.3 Å². The highest BCUT2D eigenvalue weighted by molar-refractivity contribution is 5.85. The highest BCUT2D eigenvalue weighted by Gasteiger charge is 2.63. The van der Waals surface area contributed by atoms with E-state index in [0.29, 0.717) is 22.5 Å². The van der Waals surface area contributed by atoms with Crippen molar-refractivity contribution in [1.82, 2.24) is 0 Å². The van der Waals surface area contributed by atoms with Crippen molar-refractivity contribution in [2.75, 3.05) is 0 Å². The Morgan fingerprint density at radius 3 is 2.25 bits per heavy atom. The van der Waals surface area contributed by atoms with Gasteiger partial charge in [0.15, 0.2) is 0 Å². The van der Waals surface area contributed by atoms with E-state index in [0.717, 1.165) is 24.7 Å². The lowest BCUT2D eigenvalue weighted by Crippen LogP contribution is -2.53. The minimum absolute atomic E-state index is 0.150. The van der Waals surface area contributed by atoms with Gasteiger partial charge in [0.2, 0.25) is 0 Å². The first kappa shape index (κ1) is 24.3. The van der Waals surface area contributed by atoms with Crippen LogP contribution in [0.2, 0.25) is 0 Å². The van der Waals surface area contributed by atoms with Crippen LogP contribution in [0.1, 0.15) is 127 Å². The molecule has 0 spiro atoms. The van der Waals surface area contributed by atoms with Crippen LogP contribution in [0.4, 0.5) is 0 Å². The molecule has 0 aliphatic heterocycles. The van der Waals surface area contributed by atoms with Gasteiger partial charge >= 0.3 is 0 Å². The number of ketones is 1. The van der Waals surface area contributed by atoms with E-state index in [-0.39, 0.29) is 10.8 Å². The van der Waals surface area contributed by atoms with E-state index >= 15 is 0 Å². The number of rotatable bonds is 4. The molecule has 0 aromatic heterocycles. The number of carbonyl (C=O) groups is 1. The maximum atomic E-state index is 12.8. The first-order valence-electron chi connectivity index (χ1n) is 13.7. The Balaban J connectivity index is 1.65. The Hall–Kier alpha value is -0.850. The summed E-state index contributed by atoms with van der Waals surface area (Å²) in [5, 5.41) is 0. The largest absolute Gasteiger partial charge is 0.299 e. The predicted octanol–water partition coefficient (Wildman–Crippen LogP) is 9.08. The highest BCUT2D eigenvalue weighted by atomic mass is 16.1. The van der Waals surface area contributed by atoms with E-state index in [1.54, 1.807) is 5.57 Å². The molecule has 0 N–H and O–H groups in total. The molecule has 6 atom stereocenters. The van der Waals surface area contributed by atoms with Gasteiger partial charge < -0.3 is 0 Å². The van der Waals surface area contributed by atoms with Crippen LogP contribution in [0.3, 0.4) is 0 Å². The zero-order valence-corrected chi connectivity index (χ0v) is 22.7. The molecule has 4 aliphatic carbocycles. The SMILES string of the molecule is CC(C)=C(C)CCC(C)C1CC[C@@]2(C)C3=C(CC[C@]12C)[C@@]1(C)CCC(=O)C(C)(C)[C@@H]1CC3. The second kappa shape index (κ2) is 7.84. The van der Waals surface area contributed by atoms with E-state index in [9.17, 15) is 4.79 Å². The normalized spacial score (nSPS) is 41.6. The summed E-state index contributed by atoms with van der Waals surface area (Å²) in [4.78, 5) is 12.8. The molecule has 32 heavy (non-hydrogen) atoms. The maximum absolute atomic E-state index is 12.8. The lowest BCUT2D eigenvalue weighted by molar-refractivity contribution is -0.139. The molecule has 2 fully saturated rings. The summed E-state index contributed by atoms with van der Waals surface area (Å²) < 4.78 is 0. The Morgan fingerprint density at radius 2 is 1.59 bits per heavy atom. The molecule has 1 nitrogen and oxygen atoms in total. The van der Waals surface area contributed by atoms with E-state index in [4.69, 9.17) is 0 Å². The van der Waals surface area contributed by atoms with Gasteiger partial charge in [0.25, 0.3) is 0 Å². The third-order valence-corrected chi connectivity index (χ3v) is 12.1. The van der Waals surface area contributed by atoms with Crippen molar-refractivity contribution in [3.63, 3.8) is 0 Å². The van der Waals surface area contributed by atoms with Gasteiger partial charge in [0.05, 0.1) is 0 Å². The van der Waals surface area contributed by atoms with Crippen molar-refractivity contribution in [2.24, 2.45) is 39.4 Å².